The van der Waals surface area contributed by atoms with E-state index in [0.717, 1.165) is 0 Å². The number of amides is 1. The Labute approximate surface area is 167 Å². The molecule has 1 unspecified atom stereocenters. The quantitative estimate of drug-likeness (QED) is 0.626. The number of fused-ring (bicyclic) bond motifs is 1. The van der Waals surface area contributed by atoms with Crippen LogP contribution >= 0.6 is 0 Å². The molecule has 0 saturated carbocycles. The van der Waals surface area contributed by atoms with Gasteiger partial charge in [-0.15, -0.1) is 0 Å². The average Bonchev–Trinajstić information content (AvgIpc) is 3.31. The Morgan fingerprint density at radius 1 is 1.20 bits per heavy atom. The molecule has 30 heavy (non-hydrogen) atoms. The second kappa shape index (κ2) is 7.13. The molecule has 2 aromatic heterocycles. The first-order valence-corrected chi connectivity index (χ1v) is 8.80. The zero-order valence-corrected chi connectivity index (χ0v) is 15.4. The minimum atomic E-state index is -3.54. The summed E-state index contributed by atoms with van der Waals surface area (Å²) < 4.78 is 58.8. The largest absolute Gasteiger partial charge is 0.460 e. The summed E-state index contributed by atoms with van der Waals surface area (Å²) in [5.41, 5.74) is -1.85. The Morgan fingerprint density at radius 3 is 2.57 bits per heavy atom. The van der Waals surface area contributed by atoms with Gasteiger partial charge in [0.25, 0.3) is 18.8 Å². The summed E-state index contributed by atoms with van der Waals surface area (Å²) in [6, 6.07) is 11.0. The summed E-state index contributed by atoms with van der Waals surface area (Å²) in [5.74, 6) is -0.211. The van der Waals surface area contributed by atoms with Crippen molar-refractivity contribution in [1.82, 2.24) is 15.4 Å². The van der Waals surface area contributed by atoms with Crippen molar-refractivity contribution in [3.8, 4) is 11.5 Å². The molecular weight excluding hydrogens is 406 g/mol. The molecule has 0 bridgehead atoms. The molecule has 3 heterocycles. The predicted molar refractivity (Wildman–Crippen MR) is 98.5 cm³/mol. The van der Waals surface area contributed by atoms with Crippen molar-refractivity contribution in [3.63, 3.8) is 0 Å². The maximum absolute atomic E-state index is 13.5. The molecule has 0 aliphatic carbocycles. The lowest BCUT2D eigenvalue weighted by Gasteiger charge is -2.32. The summed E-state index contributed by atoms with van der Waals surface area (Å²) in [6.07, 6.45) is -6.48. The van der Waals surface area contributed by atoms with Gasteiger partial charge in [-0.1, -0.05) is 18.2 Å². The third-order valence-corrected chi connectivity index (χ3v) is 4.67. The lowest BCUT2D eigenvalue weighted by atomic mass is 10.0. The number of pyridine rings is 1. The minimum absolute atomic E-state index is 0.109. The smallest absolute Gasteiger partial charge is 0.291 e. The van der Waals surface area contributed by atoms with Crippen LogP contribution in [0.3, 0.4) is 0 Å². The van der Waals surface area contributed by atoms with E-state index in [1.165, 1.54) is 12.1 Å². The van der Waals surface area contributed by atoms with Crippen LogP contribution in [0, 0.1) is 6.92 Å². The van der Waals surface area contributed by atoms with Crippen LogP contribution in [0.5, 0.6) is 0 Å². The van der Waals surface area contributed by atoms with Crippen molar-refractivity contribution >= 4 is 16.8 Å². The van der Waals surface area contributed by atoms with Gasteiger partial charge >= 0.3 is 0 Å². The Hall–Kier alpha value is -3.40. The van der Waals surface area contributed by atoms with Gasteiger partial charge in [-0.05, 0) is 31.2 Å². The van der Waals surface area contributed by atoms with Gasteiger partial charge in [0.05, 0.1) is 16.8 Å². The fourth-order valence-corrected chi connectivity index (χ4v) is 3.20. The number of alkyl halides is 4. The summed E-state index contributed by atoms with van der Waals surface area (Å²) in [4.78, 5) is 17.6. The summed E-state index contributed by atoms with van der Waals surface area (Å²) in [7, 11) is 0. The number of benzene rings is 1. The topological polar surface area (TPSA) is 78.6 Å². The molecule has 3 aromatic rings. The second-order valence-electron chi connectivity index (χ2n) is 6.72. The highest BCUT2D eigenvalue weighted by molar-refractivity contribution is 6.07. The number of rotatable bonds is 4. The molecule has 1 amide bonds. The molecule has 1 aliphatic rings. The van der Waals surface area contributed by atoms with Crippen LogP contribution in [0.2, 0.25) is 0 Å². The van der Waals surface area contributed by atoms with Crippen LogP contribution in [-0.4, -0.2) is 39.6 Å². The van der Waals surface area contributed by atoms with Crippen LogP contribution in [0.15, 0.2) is 58.7 Å². The molecular formula is C20H15F4N3O3. The number of para-hydroxylation sites is 1. The van der Waals surface area contributed by atoms with Gasteiger partial charge in [-0.2, -0.15) is 0 Å². The Bertz CT molecular complexity index is 1160. The van der Waals surface area contributed by atoms with E-state index in [-0.39, 0.29) is 22.3 Å². The first-order chi connectivity index (χ1) is 14.2. The molecule has 0 radical (unpaired) electrons. The maximum Gasteiger partial charge on any atom is 0.291 e. The fourth-order valence-electron chi connectivity index (χ4n) is 3.20. The number of carbonyl (C=O) groups is 1. The van der Waals surface area contributed by atoms with Crippen molar-refractivity contribution in [2.24, 2.45) is 0 Å². The molecule has 1 aromatic carbocycles. The zero-order chi connectivity index (χ0) is 21.6. The highest BCUT2D eigenvalue weighted by atomic mass is 19.3. The molecule has 0 saturated heterocycles. The van der Waals surface area contributed by atoms with E-state index in [1.807, 2.05) is 5.43 Å². The van der Waals surface area contributed by atoms with Crippen molar-refractivity contribution in [3.05, 3.63) is 65.6 Å². The van der Waals surface area contributed by atoms with E-state index in [0.29, 0.717) is 22.4 Å². The number of nitrogens with one attached hydrogen (secondary N) is 1. The molecule has 0 fully saturated rings. The molecule has 2 N–H and O–H groups in total. The van der Waals surface area contributed by atoms with E-state index in [4.69, 9.17) is 4.42 Å². The Morgan fingerprint density at radius 2 is 1.93 bits per heavy atom. The van der Waals surface area contributed by atoms with Crippen molar-refractivity contribution in [1.29, 1.82) is 0 Å². The van der Waals surface area contributed by atoms with E-state index in [2.05, 4.69) is 4.98 Å². The summed E-state index contributed by atoms with van der Waals surface area (Å²) >= 11 is 0. The number of carbonyl (C=O) groups excluding carboxylic acids is 1. The van der Waals surface area contributed by atoms with Crippen LogP contribution in [-0.2, 0) is 0 Å². The van der Waals surface area contributed by atoms with Gasteiger partial charge in [0.15, 0.2) is 5.76 Å². The minimum Gasteiger partial charge on any atom is -0.460 e. The number of aryl methyl sites for hydroxylation is 1. The van der Waals surface area contributed by atoms with Gasteiger partial charge in [-0.25, -0.2) is 27.6 Å². The van der Waals surface area contributed by atoms with Gasteiger partial charge in [-0.3, -0.25) is 10.2 Å². The first-order valence-electron chi connectivity index (χ1n) is 8.80. The van der Waals surface area contributed by atoms with Crippen LogP contribution in [0.25, 0.3) is 22.4 Å². The number of hydrogen-bond acceptors (Lipinski definition) is 5. The molecule has 156 valence electrons. The van der Waals surface area contributed by atoms with E-state index in [1.54, 1.807) is 37.3 Å². The van der Waals surface area contributed by atoms with E-state index >= 15 is 0 Å². The Balaban J connectivity index is 1.85. The lowest BCUT2D eigenvalue weighted by molar-refractivity contribution is -0.146. The second-order valence-corrected chi connectivity index (χ2v) is 6.72. The molecule has 1 aliphatic heterocycles. The fraction of sp³-hybridized carbons (Fsp3) is 0.200. The van der Waals surface area contributed by atoms with Gasteiger partial charge in [0.2, 0.25) is 5.72 Å². The van der Waals surface area contributed by atoms with E-state index in [9.17, 15) is 27.5 Å². The number of hydrazine groups is 1. The standard InChI is InChI=1S/C20H15F4N3O3/c1-10-6-7-16(30-10)14-8-12(11-4-2-3-5-13(11)25-14)18(28)27-20(29,19(23)24)9-15(26-27)17(21)22/h2-9,17,19,26,29H,1H3. The number of allylic oxidation sites excluding steroid dienone is 1. The van der Waals surface area contributed by atoms with Gasteiger partial charge in [0.1, 0.15) is 11.5 Å². The molecule has 10 heteroatoms. The van der Waals surface area contributed by atoms with Gasteiger partial charge in [0, 0.05) is 11.5 Å². The summed E-state index contributed by atoms with van der Waals surface area (Å²) in [5, 5.41) is 10.7. The van der Waals surface area contributed by atoms with Crippen LogP contribution in [0.4, 0.5) is 17.6 Å². The number of hydrogen-bond donors (Lipinski definition) is 2. The normalized spacial score (nSPS) is 18.9. The Kier molecular flexibility index (Phi) is 4.73. The number of halogens is 4. The van der Waals surface area contributed by atoms with Crippen LogP contribution < -0.4 is 5.43 Å². The lowest BCUT2D eigenvalue weighted by Crippen LogP contribution is -2.56. The van der Waals surface area contributed by atoms with E-state index < -0.39 is 30.2 Å². The third-order valence-electron chi connectivity index (χ3n) is 4.67. The molecule has 1 atom stereocenters. The predicted octanol–water partition coefficient (Wildman–Crippen LogP) is 3.87. The number of nitrogens with zero attached hydrogens (tertiary/aromatic N) is 2. The maximum atomic E-state index is 13.5. The number of furan rings is 1. The molecule has 0 spiro atoms. The zero-order valence-electron chi connectivity index (χ0n) is 15.4. The number of aliphatic hydroxyl groups is 1. The first kappa shape index (κ1) is 19.9. The molecule has 6 nitrogen and oxygen atoms in total. The van der Waals surface area contributed by atoms with Gasteiger partial charge < -0.3 is 9.52 Å². The highest BCUT2D eigenvalue weighted by Gasteiger charge is 2.51. The molecule has 4 rings (SSSR count). The summed E-state index contributed by atoms with van der Waals surface area (Å²) in [6.45, 7) is 1.71. The van der Waals surface area contributed by atoms with Crippen molar-refractivity contribution < 1.29 is 31.9 Å². The SMILES string of the molecule is Cc1ccc(-c2cc(C(=O)N3NC(C(F)F)=CC3(O)C(F)F)c3ccccc3n2)o1. The third kappa shape index (κ3) is 3.18. The van der Waals surface area contributed by atoms with Crippen LogP contribution in [0.1, 0.15) is 16.1 Å². The average molecular weight is 421 g/mol. The van der Waals surface area contributed by atoms with Crippen molar-refractivity contribution in [2.75, 3.05) is 0 Å². The highest BCUT2D eigenvalue weighted by Crippen LogP contribution is 2.33. The monoisotopic (exact) mass is 421 g/mol. The number of aromatic nitrogens is 1. The van der Waals surface area contributed by atoms with Crippen molar-refractivity contribution in [2.45, 2.75) is 25.5 Å².